The average molecular weight is 1120 g/mol. The van der Waals surface area contributed by atoms with Crippen molar-refractivity contribution in [1.29, 1.82) is 5.26 Å². The number of carbonyl (C=O) groups is 1. The predicted octanol–water partition coefficient (Wildman–Crippen LogP) is 21.0. The van der Waals surface area contributed by atoms with Crippen LogP contribution in [0, 0.1) is 11.3 Å². The number of benzene rings is 7. The minimum Gasteiger partial charge on any atom is -0.494 e. The first-order valence-corrected chi connectivity index (χ1v) is 31.0. The molecule has 7 aromatic carbocycles. The number of thiophene rings is 2. The highest BCUT2D eigenvalue weighted by molar-refractivity contribution is 7.29. The average Bonchev–Trinajstić information content (AvgIpc) is 2.87. The van der Waals surface area contributed by atoms with Crippen molar-refractivity contribution < 1.29 is 19.4 Å². The fourth-order valence-electron chi connectivity index (χ4n) is 11.2. The van der Waals surface area contributed by atoms with E-state index >= 15 is 0 Å². The molecule has 0 aliphatic heterocycles. The second-order valence-corrected chi connectivity index (χ2v) is 23.4. The Morgan fingerprint density at radius 3 is 1.55 bits per heavy atom. The number of carboxylic acids is 1. The van der Waals surface area contributed by atoms with Crippen LogP contribution in [-0.4, -0.2) is 33.4 Å². The molecule has 10 heteroatoms. The molecule has 0 spiro atoms. The van der Waals surface area contributed by atoms with Crippen molar-refractivity contribution in [2.75, 3.05) is 18.1 Å². The third-order valence-corrected chi connectivity index (χ3v) is 18.0. The Morgan fingerprint density at radius 2 is 1.01 bits per heavy atom. The standard InChI is InChI=1S/C72H70N4O4S2/c1-4-7-10-15-42-74-65-19-14-13-18-63(65)64-46-59(36-41-66(64)74)76-67-47-62(45-55(49-73)72(77)78)81-70(67)71-68(76)48-69(82-71)54-24-34-58(35-25-54)75(56-30-20-50(21-31-56)52-26-37-60(38-27-52)79-43-16-11-8-5-2)57-32-22-51(23-33-57)53-28-39-61(40-29-53)80-44-17-12-9-6-3/h13-14,18-41,45-48H,4-12,15-17,42-44H2,1-3H3,(H,77,78)/b55-45-. The molecule has 4 aromatic heterocycles. The van der Waals surface area contributed by atoms with Crippen molar-refractivity contribution >= 4 is 94.0 Å². The van der Waals surface area contributed by atoms with Crippen molar-refractivity contribution in [3.05, 3.63) is 186 Å². The molecule has 8 nitrogen and oxygen atoms in total. The maximum absolute atomic E-state index is 12.0. The number of anilines is 3. The lowest BCUT2D eigenvalue weighted by Crippen LogP contribution is -2.09. The molecule has 11 aromatic rings. The predicted molar refractivity (Wildman–Crippen MR) is 345 cm³/mol. The van der Waals surface area contributed by atoms with Crippen LogP contribution in [0.4, 0.5) is 17.1 Å². The molecule has 0 fully saturated rings. The van der Waals surface area contributed by atoms with Crippen molar-refractivity contribution in [3.63, 3.8) is 0 Å². The zero-order valence-corrected chi connectivity index (χ0v) is 48.8. The van der Waals surface area contributed by atoms with E-state index in [-0.39, 0.29) is 5.57 Å². The van der Waals surface area contributed by atoms with E-state index in [1.165, 1.54) is 97.0 Å². The van der Waals surface area contributed by atoms with Crippen LogP contribution in [0.3, 0.4) is 0 Å². The van der Waals surface area contributed by atoms with Gasteiger partial charge >= 0.3 is 5.97 Å². The van der Waals surface area contributed by atoms with E-state index in [2.05, 4.69) is 205 Å². The van der Waals surface area contributed by atoms with E-state index in [1.54, 1.807) is 11.3 Å². The third-order valence-electron chi connectivity index (χ3n) is 15.6. The summed E-state index contributed by atoms with van der Waals surface area (Å²) < 4.78 is 19.1. The summed E-state index contributed by atoms with van der Waals surface area (Å²) >= 11 is 3.26. The van der Waals surface area contributed by atoms with Gasteiger partial charge in [-0.15, -0.1) is 22.7 Å². The molecule has 0 amide bonds. The molecular weight excluding hydrogens is 1050 g/mol. The van der Waals surface area contributed by atoms with Crippen LogP contribution in [0.1, 0.15) is 103 Å². The van der Waals surface area contributed by atoms with Crippen LogP contribution in [0.5, 0.6) is 11.5 Å². The van der Waals surface area contributed by atoms with E-state index < -0.39 is 5.97 Å². The minimum atomic E-state index is -1.24. The van der Waals surface area contributed by atoms with Crippen LogP contribution in [0.15, 0.2) is 181 Å². The number of aromatic nitrogens is 2. The number of aryl methyl sites for hydroxylation is 1. The molecule has 0 saturated heterocycles. The van der Waals surface area contributed by atoms with Gasteiger partial charge in [0.1, 0.15) is 23.1 Å². The highest BCUT2D eigenvalue weighted by Crippen LogP contribution is 2.47. The largest absolute Gasteiger partial charge is 0.494 e. The summed E-state index contributed by atoms with van der Waals surface area (Å²) in [6.45, 7) is 9.15. The number of ether oxygens (including phenoxy) is 2. The van der Waals surface area contributed by atoms with Gasteiger partial charge in [-0.2, -0.15) is 5.26 Å². The lowest BCUT2D eigenvalue weighted by Gasteiger charge is -2.26. The number of hydrogen-bond donors (Lipinski definition) is 1. The van der Waals surface area contributed by atoms with Gasteiger partial charge in [0.2, 0.25) is 0 Å². The normalized spacial score (nSPS) is 11.8. The van der Waals surface area contributed by atoms with Gasteiger partial charge < -0.3 is 28.6 Å². The smallest absolute Gasteiger partial charge is 0.346 e. The number of rotatable bonds is 26. The summed E-state index contributed by atoms with van der Waals surface area (Å²) in [5, 5.41) is 22.0. The van der Waals surface area contributed by atoms with Gasteiger partial charge in [-0.1, -0.05) is 157 Å². The third kappa shape index (κ3) is 12.1. The first-order chi connectivity index (χ1) is 40.3. The van der Waals surface area contributed by atoms with Gasteiger partial charge in [-0.3, -0.25) is 0 Å². The van der Waals surface area contributed by atoms with Crippen molar-refractivity contribution in [2.24, 2.45) is 0 Å². The number of carboxylic acid groups (broad SMARTS) is 1. The van der Waals surface area contributed by atoms with E-state index in [9.17, 15) is 15.2 Å². The molecule has 0 unspecified atom stereocenters. The molecule has 0 aliphatic carbocycles. The highest BCUT2D eigenvalue weighted by atomic mass is 32.1. The summed E-state index contributed by atoms with van der Waals surface area (Å²) in [5.74, 6) is 0.565. The van der Waals surface area contributed by atoms with Gasteiger partial charge in [0.15, 0.2) is 0 Å². The maximum atomic E-state index is 12.0. The van der Waals surface area contributed by atoms with Gasteiger partial charge in [-0.05, 0) is 150 Å². The first-order valence-electron chi connectivity index (χ1n) is 29.3. The molecular formula is C72H70N4O4S2. The Kier molecular flexibility index (Phi) is 17.6. The van der Waals surface area contributed by atoms with E-state index in [1.807, 2.05) is 12.1 Å². The molecule has 4 heterocycles. The van der Waals surface area contributed by atoms with Gasteiger partial charge in [0.05, 0.1) is 33.6 Å². The lowest BCUT2D eigenvalue weighted by atomic mass is 10.0. The van der Waals surface area contributed by atoms with Crippen molar-refractivity contribution in [2.45, 2.75) is 104 Å². The fraction of sp³-hybridized carbons (Fsp3) is 0.250. The number of nitriles is 1. The summed E-state index contributed by atoms with van der Waals surface area (Å²) in [6.07, 6.45) is 15.7. The minimum absolute atomic E-state index is 0.291. The molecule has 1 N–H and O–H groups in total. The van der Waals surface area contributed by atoms with Gasteiger partial charge in [0, 0.05) is 60.9 Å². The lowest BCUT2D eigenvalue weighted by molar-refractivity contribution is -0.132. The Labute approximate surface area is 489 Å². The second kappa shape index (κ2) is 26.0. The summed E-state index contributed by atoms with van der Waals surface area (Å²) in [5.41, 5.74) is 14.0. The van der Waals surface area contributed by atoms with Gasteiger partial charge in [-0.25, -0.2) is 4.79 Å². The van der Waals surface area contributed by atoms with E-state index in [0.717, 1.165) is 131 Å². The number of nitrogens with zero attached hydrogens (tertiary/aromatic N) is 4. The molecule has 82 heavy (non-hydrogen) atoms. The van der Waals surface area contributed by atoms with Crippen LogP contribution >= 0.6 is 22.7 Å². The number of aliphatic carboxylic acids is 1. The SMILES string of the molecule is CCCCCCOc1ccc(-c2ccc(N(c3ccc(-c4ccc(OCCCCCC)cc4)cc3)c3ccc(-c4cc5c(s4)c4sc(/C=C(/C#N)C(=O)O)cc4n5-c4ccc5c(c4)c4ccccc4n5CCCCCC)cc3)cc2)cc1. The van der Waals surface area contributed by atoms with Crippen molar-refractivity contribution in [1.82, 2.24) is 9.13 Å². The first kappa shape index (κ1) is 55.5. The Morgan fingerprint density at radius 1 is 0.524 bits per heavy atom. The Balaban J connectivity index is 0.935. The summed E-state index contributed by atoms with van der Waals surface area (Å²) in [6, 6.07) is 65.0. The summed E-state index contributed by atoms with van der Waals surface area (Å²) in [4.78, 5) is 16.2. The van der Waals surface area contributed by atoms with E-state index in [0.29, 0.717) is 0 Å². The van der Waals surface area contributed by atoms with Gasteiger partial charge in [0.25, 0.3) is 0 Å². The van der Waals surface area contributed by atoms with Crippen LogP contribution in [0.25, 0.3) is 86.7 Å². The molecule has 0 atom stereocenters. The Bertz CT molecular complexity index is 3920. The van der Waals surface area contributed by atoms with Crippen LogP contribution in [0.2, 0.25) is 0 Å². The monoisotopic (exact) mass is 1120 g/mol. The molecule has 11 rings (SSSR count). The highest BCUT2D eigenvalue weighted by Gasteiger charge is 2.22. The zero-order valence-electron chi connectivity index (χ0n) is 47.2. The fourth-order valence-corrected chi connectivity index (χ4v) is 13.6. The molecule has 0 saturated carbocycles. The summed E-state index contributed by atoms with van der Waals surface area (Å²) in [7, 11) is 0. The molecule has 0 bridgehead atoms. The van der Waals surface area contributed by atoms with Crippen LogP contribution in [-0.2, 0) is 11.3 Å². The van der Waals surface area contributed by atoms with Crippen molar-refractivity contribution in [3.8, 4) is 56.0 Å². The quantitative estimate of drug-likeness (QED) is 0.0330. The number of fused-ring (bicyclic) bond motifs is 6. The Hall–Kier alpha value is -8.36. The number of hydrogen-bond acceptors (Lipinski definition) is 7. The zero-order chi connectivity index (χ0) is 56.4. The maximum Gasteiger partial charge on any atom is 0.346 e. The molecule has 0 radical (unpaired) electrons. The number of para-hydroxylation sites is 1. The van der Waals surface area contributed by atoms with Crippen LogP contribution < -0.4 is 14.4 Å². The topological polar surface area (TPSA) is 92.7 Å². The van der Waals surface area contributed by atoms with E-state index in [4.69, 9.17) is 9.47 Å². The molecule has 414 valence electrons. The second-order valence-electron chi connectivity index (χ2n) is 21.3. The molecule has 0 aliphatic rings. The number of unbranched alkanes of at least 4 members (excludes halogenated alkanes) is 9.